The van der Waals surface area contributed by atoms with Gasteiger partial charge in [0.25, 0.3) is 0 Å². The Kier molecular flexibility index (Phi) is 7.80. The summed E-state index contributed by atoms with van der Waals surface area (Å²) in [6.45, 7) is 6.38. The van der Waals surface area contributed by atoms with Crippen LogP contribution in [0, 0.1) is 13.8 Å². The average molecular weight is 471 g/mol. The minimum absolute atomic E-state index is 0.0674. The summed E-state index contributed by atoms with van der Waals surface area (Å²) >= 11 is 1.39. The van der Waals surface area contributed by atoms with Gasteiger partial charge < -0.3 is 5.32 Å². The van der Waals surface area contributed by atoms with Crippen LogP contribution in [-0.4, -0.2) is 26.4 Å². The number of benzene rings is 3. The maximum absolute atomic E-state index is 12.7. The van der Waals surface area contributed by atoms with Crippen molar-refractivity contribution in [3.8, 4) is 17.1 Å². The van der Waals surface area contributed by atoms with Crippen LogP contribution < -0.4 is 5.32 Å². The Morgan fingerprint density at radius 3 is 2.41 bits per heavy atom. The maximum atomic E-state index is 12.7. The molecule has 3 aromatic carbocycles. The second-order valence-corrected chi connectivity index (χ2v) is 9.36. The molecule has 0 aliphatic heterocycles. The Balaban J connectivity index is 1.52. The molecular formula is C28H30N4OS. The molecule has 174 valence electrons. The van der Waals surface area contributed by atoms with Gasteiger partial charge in [0.1, 0.15) is 0 Å². The van der Waals surface area contributed by atoms with E-state index in [1.54, 1.807) is 0 Å². The monoisotopic (exact) mass is 470 g/mol. The van der Waals surface area contributed by atoms with Crippen molar-refractivity contribution in [2.24, 2.45) is 0 Å². The molecule has 1 amide bonds. The van der Waals surface area contributed by atoms with Crippen molar-refractivity contribution in [2.75, 3.05) is 11.1 Å². The highest BCUT2D eigenvalue weighted by atomic mass is 32.2. The number of anilines is 1. The summed E-state index contributed by atoms with van der Waals surface area (Å²) in [5.41, 5.74) is 6.49. The van der Waals surface area contributed by atoms with Crippen LogP contribution in [0.3, 0.4) is 0 Å². The Morgan fingerprint density at radius 1 is 0.941 bits per heavy atom. The SMILES string of the molecule is CCCCc1ccc(NC(=O)CSc2nnc(-c3ccccc3)n2-c2ccc(C)c(C)c2)cc1. The largest absolute Gasteiger partial charge is 0.325 e. The minimum atomic E-state index is -0.0674. The highest BCUT2D eigenvalue weighted by Crippen LogP contribution is 2.29. The van der Waals surface area contributed by atoms with Crippen molar-refractivity contribution in [1.82, 2.24) is 14.8 Å². The molecule has 0 bridgehead atoms. The first kappa shape index (κ1) is 23.8. The summed E-state index contributed by atoms with van der Waals surface area (Å²) in [5, 5.41) is 12.6. The van der Waals surface area contributed by atoms with Crippen molar-refractivity contribution >= 4 is 23.4 Å². The fourth-order valence-electron chi connectivity index (χ4n) is 3.70. The van der Waals surface area contributed by atoms with E-state index in [-0.39, 0.29) is 11.7 Å². The predicted octanol–water partition coefficient (Wildman–Crippen LogP) is 6.62. The molecule has 0 radical (unpaired) electrons. The lowest BCUT2D eigenvalue weighted by molar-refractivity contribution is -0.113. The fourth-order valence-corrected chi connectivity index (χ4v) is 4.45. The number of carbonyl (C=O) groups is 1. The van der Waals surface area contributed by atoms with Crippen molar-refractivity contribution in [1.29, 1.82) is 0 Å². The van der Waals surface area contributed by atoms with Gasteiger partial charge in [0, 0.05) is 11.3 Å². The molecule has 0 saturated heterocycles. The molecule has 0 atom stereocenters. The molecule has 6 heteroatoms. The van der Waals surface area contributed by atoms with E-state index in [1.807, 2.05) is 47.0 Å². The van der Waals surface area contributed by atoms with Crippen LogP contribution in [0.2, 0.25) is 0 Å². The lowest BCUT2D eigenvalue weighted by atomic mass is 10.1. The van der Waals surface area contributed by atoms with Gasteiger partial charge in [-0.15, -0.1) is 10.2 Å². The fraction of sp³-hybridized carbons (Fsp3) is 0.250. The number of rotatable bonds is 9. The number of aryl methyl sites for hydroxylation is 3. The van der Waals surface area contributed by atoms with E-state index in [0.717, 1.165) is 29.2 Å². The molecule has 4 rings (SSSR count). The van der Waals surface area contributed by atoms with Gasteiger partial charge in [-0.1, -0.05) is 73.6 Å². The molecule has 0 saturated carbocycles. The van der Waals surface area contributed by atoms with Gasteiger partial charge in [-0.05, 0) is 67.6 Å². The third-order valence-electron chi connectivity index (χ3n) is 5.80. The Morgan fingerprint density at radius 2 is 1.71 bits per heavy atom. The number of nitrogens with zero attached hydrogens (tertiary/aromatic N) is 3. The number of carbonyl (C=O) groups excluding carboxylic acids is 1. The number of aromatic nitrogens is 3. The first-order chi connectivity index (χ1) is 16.5. The second kappa shape index (κ2) is 11.2. The van der Waals surface area contributed by atoms with Crippen LogP contribution >= 0.6 is 11.8 Å². The highest BCUT2D eigenvalue weighted by molar-refractivity contribution is 7.99. The topological polar surface area (TPSA) is 59.8 Å². The number of amides is 1. The normalized spacial score (nSPS) is 10.9. The van der Waals surface area contributed by atoms with Gasteiger partial charge in [-0.3, -0.25) is 9.36 Å². The zero-order valence-corrected chi connectivity index (χ0v) is 20.7. The van der Waals surface area contributed by atoms with E-state index in [0.29, 0.717) is 5.16 Å². The van der Waals surface area contributed by atoms with E-state index < -0.39 is 0 Å². The third kappa shape index (κ3) is 5.75. The number of unbranched alkanes of at least 4 members (excludes halogenated alkanes) is 1. The van der Waals surface area contributed by atoms with Crippen LogP contribution in [0.1, 0.15) is 36.5 Å². The molecule has 0 aliphatic carbocycles. The van der Waals surface area contributed by atoms with E-state index >= 15 is 0 Å². The molecule has 1 aromatic heterocycles. The molecular weight excluding hydrogens is 440 g/mol. The molecule has 0 fully saturated rings. The maximum Gasteiger partial charge on any atom is 0.234 e. The Hall–Kier alpha value is -3.38. The van der Waals surface area contributed by atoms with Crippen LogP contribution in [-0.2, 0) is 11.2 Å². The van der Waals surface area contributed by atoms with Gasteiger partial charge in [0.15, 0.2) is 11.0 Å². The molecule has 34 heavy (non-hydrogen) atoms. The van der Waals surface area contributed by atoms with Crippen molar-refractivity contribution in [3.63, 3.8) is 0 Å². The summed E-state index contributed by atoms with van der Waals surface area (Å²) < 4.78 is 2.03. The van der Waals surface area contributed by atoms with Gasteiger partial charge in [0.05, 0.1) is 11.4 Å². The zero-order valence-electron chi connectivity index (χ0n) is 19.9. The minimum Gasteiger partial charge on any atom is -0.325 e. The van der Waals surface area contributed by atoms with Crippen LogP contribution in [0.4, 0.5) is 5.69 Å². The Labute approximate surface area is 205 Å². The van der Waals surface area contributed by atoms with Gasteiger partial charge in [0.2, 0.25) is 5.91 Å². The molecule has 1 heterocycles. The van der Waals surface area contributed by atoms with Crippen molar-refractivity contribution < 1.29 is 4.79 Å². The van der Waals surface area contributed by atoms with E-state index in [9.17, 15) is 4.79 Å². The predicted molar refractivity (Wildman–Crippen MR) is 141 cm³/mol. The molecule has 0 unspecified atom stereocenters. The summed E-state index contributed by atoms with van der Waals surface area (Å²) in [5.74, 6) is 0.937. The average Bonchev–Trinajstić information content (AvgIpc) is 3.28. The third-order valence-corrected chi connectivity index (χ3v) is 6.73. The number of hydrogen-bond donors (Lipinski definition) is 1. The standard InChI is InChI=1S/C28H30N4OS/c1-4-5-9-22-13-15-24(16-14-22)29-26(33)19-34-28-31-30-27(23-10-7-6-8-11-23)32(28)25-17-12-20(2)21(3)18-25/h6-8,10-18H,4-5,9,19H2,1-3H3,(H,29,33). The quantitative estimate of drug-likeness (QED) is 0.279. The van der Waals surface area contributed by atoms with Crippen molar-refractivity contribution in [2.45, 2.75) is 45.2 Å². The molecule has 4 aromatic rings. The summed E-state index contributed by atoms with van der Waals surface area (Å²) in [7, 11) is 0. The van der Waals surface area contributed by atoms with Gasteiger partial charge >= 0.3 is 0 Å². The summed E-state index contributed by atoms with van der Waals surface area (Å²) in [6, 6.07) is 24.4. The number of nitrogens with one attached hydrogen (secondary N) is 1. The lowest BCUT2D eigenvalue weighted by Crippen LogP contribution is -2.14. The molecule has 0 spiro atoms. The first-order valence-corrected chi connectivity index (χ1v) is 12.6. The number of hydrogen-bond acceptors (Lipinski definition) is 4. The zero-order chi connectivity index (χ0) is 23.9. The summed E-state index contributed by atoms with van der Waals surface area (Å²) in [6.07, 6.45) is 3.42. The smallest absolute Gasteiger partial charge is 0.234 e. The molecule has 0 aliphatic rings. The van der Waals surface area contributed by atoms with Gasteiger partial charge in [-0.25, -0.2) is 0 Å². The van der Waals surface area contributed by atoms with E-state index in [2.05, 4.69) is 66.6 Å². The van der Waals surface area contributed by atoms with E-state index in [1.165, 1.54) is 41.3 Å². The van der Waals surface area contributed by atoms with Crippen LogP contribution in [0.5, 0.6) is 0 Å². The highest BCUT2D eigenvalue weighted by Gasteiger charge is 2.17. The van der Waals surface area contributed by atoms with Gasteiger partial charge in [-0.2, -0.15) is 0 Å². The molecule has 1 N–H and O–H groups in total. The number of thioether (sulfide) groups is 1. The van der Waals surface area contributed by atoms with Crippen LogP contribution in [0.15, 0.2) is 78.0 Å². The second-order valence-electron chi connectivity index (χ2n) is 8.41. The molecule has 5 nitrogen and oxygen atoms in total. The van der Waals surface area contributed by atoms with E-state index in [4.69, 9.17) is 0 Å². The first-order valence-electron chi connectivity index (χ1n) is 11.6. The van der Waals surface area contributed by atoms with Crippen molar-refractivity contribution in [3.05, 3.63) is 89.5 Å². The Bertz CT molecular complexity index is 1250. The van der Waals surface area contributed by atoms with Crippen LogP contribution in [0.25, 0.3) is 17.1 Å². The summed E-state index contributed by atoms with van der Waals surface area (Å²) in [4.78, 5) is 12.7. The lowest BCUT2D eigenvalue weighted by Gasteiger charge is -2.12.